The normalized spacial score (nSPS) is 11.8. The zero-order chi connectivity index (χ0) is 35.8. The van der Waals surface area contributed by atoms with Gasteiger partial charge in [-0.1, -0.05) is 59.6 Å². The van der Waals surface area contributed by atoms with Crippen molar-refractivity contribution in [1.82, 2.24) is 9.55 Å². The van der Waals surface area contributed by atoms with Gasteiger partial charge in [-0.05, 0) is 89.5 Å². The molecule has 7 nitrogen and oxygen atoms in total. The molecule has 0 amide bonds. The molecule has 1 aromatic heterocycles. The van der Waals surface area contributed by atoms with E-state index >= 15 is 0 Å². The van der Waals surface area contributed by atoms with E-state index in [2.05, 4.69) is 0 Å². The van der Waals surface area contributed by atoms with Crippen molar-refractivity contribution in [2.75, 3.05) is 6.26 Å². The molecule has 0 saturated heterocycles. The Labute approximate surface area is 295 Å². The van der Waals surface area contributed by atoms with Crippen LogP contribution in [0.1, 0.15) is 27.3 Å². The highest BCUT2D eigenvalue weighted by molar-refractivity contribution is 7.90. The van der Waals surface area contributed by atoms with Gasteiger partial charge in [0.2, 0.25) is 0 Å². The van der Waals surface area contributed by atoms with Crippen molar-refractivity contribution in [2.24, 2.45) is 0 Å². The number of imidazole rings is 1. The number of alkyl halides is 3. The Morgan fingerprint density at radius 1 is 0.840 bits per heavy atom. The minimum atomic E-state index is -4.43. The van der Waals surface area contributed by atoms with Crippen molar-refractivity contribution in [3.8, 4) is 39.6 Å². The predicted octanol–water partition coefficient (Wildman–Crippen LogP) is 10.0. The van der Waals surface area contributed by atoms with Crippen LogP contribution in [-0.2, 0) is 22.4 Å². The Hall–Kier alpha value is -5.10. The molecular weight excluding hydrogens is 712 g/mol. The third-order valence-corrected chi connectivity index (χ3v) is 9.48. The van der Waals surface area contributed by atoms with E-state index in [1.165, 1.54) is 30.3 Å². The number of aromatic nitrogens is 2. The third-order valence-electron chi connectivity index (χ3n) is 7.78. The summed E-state index contributed by atoms with van der Waals surface area (Å²) in [4.78, 5) is 16.6. The standard InChI is InChI=1S/C37H25Cl2F3N2O5S/c1-50(47,48)34-17-11-27(20-31(34)36(45)46)44-21-33(30-16-10-26(38)19-32(30)39)43-35(44)18-22-2-4-23(5-3-22)24-6-12-28(13-7-24)49-29-14-8-25(9-15-29)37(40,41)42/h2-17,19-21H,18H2,1H3,(H,45,46). The molecule has 0 radical (unpaired) electrons. The van der Waals surface area contributed by atoms with Crippen LogP contribution in [0.15, 0.2) is 120 Å². The van der Waals surface area contributed by atoms with E-state index in [1.807, 2.05) is 36.4 Å². The summed E-state index contributed by atoms with van der Waals surface area (Å²) >= 11 is 12.6. The second kappa shape index (κ2) is 13.7. The fraction of sp³-hybridized carbons (Fsp3) is 0.0811. The second-order valence-electron chi connectivity index (χ2n) is 11.3. The fourth-order valence-corrected chi connectivity index (χ4v) is 6.68. The van der Waals surface area contributed by atoms with Crippen molar-refractivity contribution in [1.29, 1.82) is 0 Å². The number of hydrogen-bond donors (Lipinski definition) is 1. The van der Waals surface area contributed by atoms with Crippen molar-refractivity contribution in [3.05, 3.63) is 148 Å². The number of aromatic carboxylic acids is 1. The van der Waals surface area contributed by atoms with E-state index in [0.29, 0.717) is 45.0 Å². The lowest BCUT2D eigenvalue weighted by Crippen LogP contribution is -2.10. The van der Waals surface area contributed by atoms with Gasteiger partial charge in [0.05, 0.1) is 26.7 Å². The largest absolute Gasteiger partial charge is 0.478 e. The lowest BCUT2D eigenvalue weighted by atomic mass is 10.0. The summed E-state index contributed by atoms with van der Waals surface area (Å²) in [6, 6.07) is 28.4. The van der Waals surface area contributed by atoms with Crippen LogP contribution >= 0.6 is 23.2 Å². The number of carboxylic acids is 1. The van der Waals surface area contributed by atoms with Gasteiger partial charge >= 0.3 is 12.1 Å². The molecule has 1 N–H and O–H groups in total. The lowest BCUT2D eigenvalue weighted by Gasteiger charge is -2.12. The van der Waals surface area contributed by atoms with Crippen LogP contribution in [0.2, 0.25) is 10.0 Å². The maximum Gasteiger partial charge on any atom is 0.416 e. The molecule has 50 heavy (non-hydrogen) atoms. The van der Waals surface area contributed by atoms with Gasteiger partial charge in [0.25, 0.3) is 0 Å². The van der Waals surface area contributed by atoms with Crippen molar-refractivity contribution in [2.45, 2.75) is 17.5 Å². The summed E-state index contributed by atoms with van der Waals surface area (Å²) in [5.41, 5.74) is 3.03. The van der Waals surface area contributed by atoms with Gasteiger partial charge in [-0.25, -0.2) is 18.2 Å². The summed E-state index contributed by atoms with van der Waals surface area (Å²) in [6.45, 7) is 0. The molecule has 5 aromatic carbocycles. The van der Waals surface area contributed by atoms with Crippen molar-refractivity contribution < 1.29 is 36.2 Å². The summed E-state index contributed by atoms with van der Waals surface area (Å²) in [7, 11) is -3.81. The Morgan fingerprint density at radius 3 is 2.00 bits per heavy atom. The van der Waals surface area contributed by atoms with Crippen molar-refractivity contribution >= 4 is 39.0 Å². The maximum absolute atomic E-state index is 12.9. The molecule has 0 atom stereocenters. The molecule has 6 aromatic rings. The molecule has 0 aliphatic carbocycles. The number of ether oxygens (including phenoxy) is 1. The number of nitrogens with zero attached hydrogens (tertiary/aromatic N) is 2. The van der Waals surface area contributed by atoms with Gasteiger partial charge < -0.3 is 14.4 Å². The van der Waals surface area contributed by atoms with E-state index in [1.54, 1.807) is 41.1 Å². The van der Waals surface area contributed by atoms with Crippen LogP contribution in [0.4, 0.5) is 13.2 Å². The molecule has 6 rings (SSSR count). The first-order valence-electron chi connectivity index (χ1n) is 14.8. The third kappa shape index (κ3) is 7.70. The Morgan fingerprint density at radius 2 is 1.44 bits per heavy atom. The van der Waals surface area contributed by atoms with Gasteiger partial charge in [0, 0.05) is 35.1 Å². The highest BCUT2D eigenvalue weighted by Crippen LogP contribution is 2.34. The van der Waals surface area contributed by atoms with Gasteiger partial charge in [0.1, 0.15) is 17.3 Å². The zero-order valence-corrected chi connectivity index (χ0v) is 28.3. The molecule has 0 bridgehead atoms. The molecule has 0 fully saturated rings. The number of carbonyl (C=O) groups is 1. The number of halogens is 5. The Kier molecular flexibility index (Phi) is 9.50. The van der Waals surface area contributed by atoms with Gasteiger partial charge in [-0.15, -0.1) is 0 Å². The smallest absolute Gasteiger partial charge is 0.416 e. The monoisotopic (exact) mass is 736 g/mol. The van der Waals surface area contributed by atoms with Crippen LogP contribution in [0, 0.1) is 0 Å². The Balaban J connectivity index is 1.27. The molecular formula is C37H25Cl2F3N2O5S. The number of hydrogen-bond acceptors (Lipinski definition) is 5. The van der Waals surface area contributed by atoms with Gasteiger partial charge in [-0.2, -0.15) is 13.2 Å². The summed E-state index contributed by atoms with van der Waals surface area (Å²) < 4.78 is 70.5. The van der Waals surface area contributed by atoms with E-state index in [-0.39, 0.29) is 16.2 Å². The Bertz CT molecular complexity index is 2320. The van der Waals surface area contributed by atoms with Gasteiger partial charge in [0.15, 0.2) is 9.84 Å². The lowest BCUT2D eigenvalue weighted by molar-refractivity contribution is -0.137. The summed E-state index contributed by atoms with van der Waals surface area (Å²) in [5, 5.41) is 10.6. The van der Waals surface area contributed by atoms with Crippen molar-refractivity contribution in [3.63, 3.8) is 0 Å². The molecule has 0 spiro atoms. The number of benzene rings is 5. The molecule has 0 aliphatic heterocycles. The summed E-state index contributed by atoms with van der Waals surface area (Å²) in [6.07, 6.45) is -1.45. The average molecular weight is 738 g/mol. The number of rotatable bonds is 9. The topological polar surface area (TPSA) is 98.5 Å². The minimum Gasteiger partial charge on any atom is -0.478 e. The first kappa shape index (κ1) is 34.8. The molecule has 0 unspecified atom stereocenters. The number of sulfone groups is 1. The minimum absolute atomic E-state index is 0.278. The molecule has 254 valence electrons. The first-order chi connectivity index (χ1) is 23.7. The van der Waals surface area contributed by atoms with Crippen LogP contribution < -0.4 is 4.74 Å². The molecule has 1 heterocycles. The van der Waals surface area contributed by atoms with Crippen LogP contribution in [0.25, 0.3) is 28.1 Å². The highest BCUT2D eigenvalue weighted by atomic mass is 35.5. The van der Waals surface area contributed by atoms with E-state index in [9.17, 15) is 31.5 Å². The van der Waals surface area contributed by atoms with E-state index in [0.717, 1.165) is 35.1 Å². The first-order valence-corrected chi connectivity index (χ1v) is 17.5. The van der Waals surface area contributed by atoms with Gasteiger partial charge in [-0.3, -0.25) is 0 Å². The molecule has 13 heteroatoms. The number of carboxylic acid groups (broad SMARTS) is 1. The maximum atomic E-state index is 12.9. The zero-order valence-electron chi connectivity index (χ0n) is 25.9. The SMILES string of the molecule is CS(=O)(=O)c1ccc(-n2cc(-c3ccc(Cl)cc3Cl)nc2Cc2ccc(-c3ccc(Oc4ccc(C(F)(F)F)cc4)cc3)cc2)cc1C(=O)O. The van der Waals surface area contributed by atoms with Crippen LogP contribution in [0.3, 0.4) is 0 Å². The highest BCUT2D eigenvalue weighted by Gasteiger charge is 2.30. The average Bonchev–Trinajstić information content (AvgIpc) is 3.48. The van der Waals surface area contributed by atoms with Crippen LogP contribution in [0.5, 0.6) is 11.5 Å². The molecule has 0 saturated carbocycles. The van der Waals surface area contributed by atoms with E-state index < -0.39 is 27.5 Å². The predicted molar refractivity (Wildman–Crippen MR) is 185 cm³/mol. The summed E-state index contributed by atoms with van der Waals surface area (Å²) in [5.74, 6) is -0.110. The van der Waals surface area contributed by atoms with E-state index in [4.69, 9.17) is 32.9 Å². The quantitative estimate of drug-likeness (QED) is 0.159. The fourth-order valence-electron chi connectivity index (χ4n) is 5.31. The second-order valence-corrected chi connectivity index (χ2v) is 14.1. The molecule has 0 aliphatic rings. The van der Waals surface area contributed by atoms with Crippen LogP contribution in [-0.4, -0.2) is 35.3 Å².